The number of halogens is 1. The summed E-state index contributed by atoms with van der Waals surface area (Å²) in [5, 5.41) is 0.0844. The Morgan fingerprint density at radius 2 is 2.10 bits per heavy atom. The van der Waals surface area contributed by atoms with Crippen molar-refractivity contribution in [3.63, 3.8) is 0 Å². The van der Waals surface area contributed by atoms with E-state index in [0.717, 1.165) is 19.3 Å². The molecule has 0 radical (unpaired) electrons. The van der Waals surface area contributed by atoms with Gasteiger partial charge in [0.2, 0.25) is 10.0 Å². The predicted molar refractivity (Wildman–Crippen MR) is 79.9 cm³/mol. The van der Waals surface area contributed by atoms with Crippen LogP contribution in [-0.2, 0) is 14.8 Å². The third kappa shape index (κ3) is 3.75. The lowest BCUT2D eigenvalue weighted by molar-refractivity contribution is 0.0600. The zero-order valence-electron chi connectivity index (χ0n) is 11.9. The van der Waals surface area contributed by atoms with Crippen LogP contribution in [0.3, 0.4) is 0 Å². The Bertz CT molecular complexity index is 644. The van der Waals surface area contributed by atoms with Crippen LogP contribution in [0.1, 0.15) is 36.5 Å². The molecule has 2 unspecified atom stereocenters. The summed E-state index contributed by atoms with van der Waals surface area (Å²) in [7, 11) is -2.51. The van der Waals surface area contributed by atoms with E-state index in [0.29, 0.717) is 5.92 Å². The number of ether oxygens (including phenoxy) is 1. The summed E-state index contributed by atoms with van der Waals surface area (Å²) in [6.07, 6.45) is 2.63. The second-order valence-corrected chi connectivity index (χ2v) is 7.46. The highest BCUT2D eigenvalue weighted by Crippen LogP contribution is 2.28. The number of hydrogen-bond acceptors (Lipinski definition) is 4. The highest BCUT2D eigenvalue weighted by atomic mass is 35.5. The van der Waals surface area contributed by atoms with Crippen molar-refractivity contribution in [3.05, 3.63) is 28.8 Å². The molecule has 1 N–H and O–H groups in total. The molecule has 5 nitrogen and oxygen atoms in total. The van der Waals surface area contributed by atoms with Crippen molar-refractivity contribution in [2.45, 2.75) is 37.1 Å². The van der Waals surface area contributed by atoms with E-state index >= 15 is 0 Å². The van der Waals surface area contributed by atoms with Crippen molar-refractivity contribution in [1.82, 2.24) is 4.72 Å². The maximum atomic E-state index is 12.4. The highest BCUT2D eigenvalue weighted by Gasteiger charge is 2.28. The lowest BCUT2D eigenvalue weighted by Crippen LogP contribution is -2.33. The molecule has 1 fully saturated rings. The van der Waals surface area contributed by atoms with Crippen molar-refractivity contribution in [1.29, 1.82) is 0 Å². The molecular formula is C14H18ClNO4S. The molecule has 0 heterocycles. The van der Waals surface area contributed by atoms with E-state index in [1.807, 2.05) is 0 Å². The minimum Gasteiger partial charge on any atom is -0.465 e. The molecule has 0 aliphatic heterocycles. The number of benzene rings is 1. The monoisotopic (exact) mass is 331 g/mol. The Morgan fingerprint density at radius 1 is 1.38 bits per heavy atom. The number of methoxy groups -OCH3 is 1. The summed E-state index contributed by atoms with van der Waals surface area (Å²) in [4.78, 5) is 11.4. The van der Waals surface area contributed by atoms with Crippen LogP contribution in [-0.4, -0.2) is 27.5 Å². The summed E-state index contributed by atoms with van der Waals surface area (Å²) < 4.78 is 32.1. The summed E-state index contributed by atoms with van der Waals surface area (Å²) in [6, 6.07) is 3.99. The maximum absolute atomic E-state index is 12.4. The number of esters is 1. The molecule has 2 rings (SSSR count). The zero-order chi connectivity index (χ0) is 15.6. The van der Waals surface area contributed by atoms with Crippen LogP contribution < -0.4 is 4.72 Å². The third-order valence-corrected chi connectivity index (χ3v) is 5.66. The van der Waals surface area contributed by atoms with E-state index in [9.17, 15) is 13.2 Å². The first-order valence-electron chi connectivity index (χ1n) is 6.73. The fraction of sp³-hybridized carbons (Fsp3) is 0.500. The molecule has 0 amide bonds. The van der Waals surface area contributed by atoms with Gasteiger partial charge in [-0.2, -0.15) is 0 Å². The van der Waals surface area contributed by atoms with Crippen LogP contribution >= 0.6 is 11.6 Å². The normalized spacial score (nSPS) is 22.2. The molecular weight excluding hydrogens is 314 g/mol. The van der Waals surface area contributed by atoms with Crippen molar-refractivity contribution >= 4 is 27.6 Å². The van der Waals surface area contributed by atoms with Gasteiger partial charge in [-0.05, 0) is 43.4 Å². The van der Waals surface area contributed by atoms with Gasteiger partial charge >= 0.3 is 5.97 Å². The summed E-state index contributed by atoms with van der Waals surface area (Å²) in [5.41, 5.74) is 0.155. The molecule has 1 aromatic rings. The first-order chi connectivity index (χ1) is 9.83. The second kappa shape index (κ2) is 6.34. The van der Waals surface area contributed by atoms with Crippen LogP contribution in [0.15, 0.2) is 23.1 Å². The van der Waals surface area contributed by atoms with Crippen molar-refractivity contribution < 1.29 is 17.9 Å². The van der Waals surface area contributed by atoms with Gasteiger partial charge in [-0.3, -0.25) is 0 Å². The van der Waals surface area contributed by atoms with Crippen molar-refractivity contribution in [2.75, 3.05) is 7.11 Å². The van der Waals surface area contributed by atoms with Crippen LogP contribution in [0.5, 0.6) is 0 Å². The summed E-state index contributed by atoms with van der Waals surface area (Å²) in [5.74, 6) is -0.0906. The number of rotatable bonds is 4. The van der Waals surface area contributed by atoms with Crippen LogP contribution in [0.4, 0.5) is 0 Å². The molecule has 1 saturated carbocycles. The van der Waals surface area contributed by atoms with E-state index in [1.165, 1.54) is 25.3 Å². The van der Waals surface area contributed by atoms with E-state index in [-0.39, 0.29) is 21.5 Å². The lowest BCUT2D eigenvalue weighted by Gasteiger charge is -2.14. The molecule has 7 heteroatoms. The zero-order valence-corrected chi connectivity index (χ0v) is 13.5. The van der Waals surface area contributed by atoms with Gasteiger partial charge in [-0.25, -0.2) is 17.9 Å². The van der Waals surface area contributed by atoms with Crippen LogP contribution in [0.2, 0.25) is 5.02 Å². The molecule has 0 bridgehead atoms. The number of carbonyl (C=O) groups is 1. The molecule has 21 heavy (non-hydrogen) atoms. The third-order valence-electron chi connectivity index (χ3n) is 3.66. The van der Waals surface area contributed by atoms with Crippen molar-refractivity contribution in [3.8, 4) is 0 Å². The Hall–Kier alpha value is -1.11. The molecule has 1 aliphatic carbocycles. The van der Waals surface area contributed by atoms with Gasteiger partial charge in [-0.15, -0.1) is 0 Å². The molecule has 0 spiro atoms. The number of hydrogen-bond donors (Lipinski definition) is 1. The summed E-state index contributed by atoms with van der Waals surface area (Å²) >= 11 is 5.97. The molecule has 2 atom stereocenters. The van der Waals surface area contributed by atoms with Gasteiger partial charge in [-0.1, -0.05) is 18.5 Å². The van der Waals surface area contributed by atoms with Gasteiger partial charge < -0.3 is 4.74 Å². The number of sulfonamides is 1. The first-order valence-corrected chi connectivity index (χ1v) is 8.60. The Morgan fingerprint density at radius 3 is 2.67 bits per heavy atom. The van der Waals surface area contributed by atoms with E-state index in [1.54, 1.807) is 0 Å². The van der Waals surface area contributed by atoms with E-state index < -0.39 is 16.0 Å². The smallest absolute Gasteiger partial charge is 0.337 e. The largest absolute Gasteiger partial charge is 0.465 e. The quantitative estimate of drug-likeness (QED) is 0.861. The SMILES string of the molecule is COC(=O)c1ccc(Cl)c(S(=O)(=O)NC2CCC(C)C2)c1. The minimum atomic E-state index is -3.75. The fourth-order valence-electron chi connectivity index (χ4n) is 2.55. The second-order valence-electron chi connectivity index (χ2n) is 5.37. The topological polar surface area (TPSA) is 72.5 Å². The maximum Gasteiger partial charge on any atom is 0.337 e. The van der Waals surface area contributed by atoms with Gasteiger partial charge in [0.05, 0.1) is 17.7 Å². The van der Waals surface area contributed by atoms with E-state index in [4.69, 9.17) is 11.6 Å². The molecule has 1 aliphatic rings. The first kappa shape index (κ1) is 16.3. The fourth-order valence-corrected chi connectivity index (χ4v) is 4.36. The van der Waals surface area contributed by atoms with Gasteiger partial charge in [0.15, 0.2) is 0 Å². The average molecular weight is 332 g/mol. The highest BCUT2D eigenvalue weighted by molar-refractivity contribution is 7.89. The lowest BCUT2D eigenvalue weighted by atomic mass is 10.1. The Labute approximate surface area is 129 Å². The minimum absolute atomic E-state index is 0.0807. The van der Waals surface area contributed by atoms with Gasteiger partial charge in [0, 0.05) is 6.04 Å². The van der Waals surface area contributed by atoms with Crippen LogP contribution in [0.25, 0.3) is 0 Å². The number of nitrogens with one attached hydrogen (secondary N) is 1. The number of carbonyl (C=O) groups excluding carboxylic acids is 1. The Balaban J connectivity index is 2.28. The van der Waals surface area contributed by atoms with Gasteiger partial charge in [0.25, 0.3) is 0 Å². The molecule has 116 valence electrons. The average Bonchev–Trinajstić information content (AvgIpc) is 2.82. The van der Waals surface area contributed by atoms with E-state index in [2.05, 4.69) is 16.4 Å². The molecule has 0 aromatic heterocycles. The van der Waals surface area contributed by atoms with Crippen LogP contribution in [0, 0.1) is 5.92 Å². The molecule has 1 aromatic carbocycles. The predicted octanol–water partition coefficient (Wildman–Crippen LogP) is 2.59. The summed E-state index contributed by atoms with van der Waals surface area (Å²) in [6.45, 7) is 2.10. The van der Waals surface area contributed by atoms with Gasteiger partial charge in [0.1, 0.15) is 4.90 Å². The van der Waals surface area contributed by atoms with Crippen molar-refractivity contribution in [2.24, 2.45) is 5.92 Å². The standard InChI is InChI=1S/C14H18ClNO4S/c1-9-3-5-11(7-9)16-21(18,19)13-8-10(14(17)20-2)4-6-12(13)15/h4,6,8-9,11,16H,3,5,7H2,1-2H3. The Kier molecular flexibility index (Phi) is 4.91. The molecule has 0 saturated heterocycles.